The van der Waals surface area contributed by atoms with Gasteiger partial charge in [-0.15, -0.1) is 0 Å². The Hall–Kier alpha value is -1.29. The van der Waals surface area contributed by atoms with E-state index in [1.54, 1.807) is 0 Å². The predicted molar refractivity (Wildman–Crippen MR) is 54.0 cm³/mol. The SMILES string of the molecule is COc1c(O)cc(F)c(Cl)c1CC(C)=O. The number of benzene rings is 1. The third-order valence-electron chi connectivity index (χ3n) is 1.87. The molecule has 1 aromatic rings. The normalized spacial score (nSPS) is 10.1. The van der Waals surface area contributed by atoms with E-state index in [1.807, 2.05) is 0 Å². The van der Waals surface area contributed by atoms with Crippen molar-refractivity contribution in [2.45, 2.75) is 13.3 Å². The number of hydrogen-bond acceptors (Lipinski definition) is 3. The van der Waals surface area contributed by atoms with Crippen molar-refractivity contribution in [3.63, 3.8) is 0 Å². The number of hydrogen-bond donors (Lipinski definition) is 1. The van der Waals surface area contributed by atoms with Crippen LogP contribution < -0.4 is 4.74 Å². The van der Waals surface area contributed by atoms with Gasteiger partial charge in [-0.05, 0) is 6.92 Å². The Morgan fingerprint density at radius 3 is 2.73 bits per heavy atom. The maximum atomic E-state index is 13.1. The lowest BCUT2D eigenvalue weighted by Crippen LogP contribution is -2.02. The summed E-state index contributed by atoms with van der Waals surface area (Å²) in [5.74, 6) is -1.29. The van der Waals surface area contributed by atoms with Gasteiger partial charge < -0.3 is 9.84 Å². The summed E-state index contributed by atoms with van der Waals surface area (Å²) in [6, 6.07) is 0.852. The number of phenolic OH excluding ortho intramolecular Hbond substituents is 1. The van der Waals surface area contributed by atoms with E-state index in [9.17, 15) is 14.3 Å². The molecule has 0 aliphatic rings. The quantitative estimate of drug-likeness (QED) is 0.870. The molecule has 82 valence electrons. The van der Waals surface area contributed by atoms with Gasteiger partial charge in [-0.2, -0.15) is 0 Å². The van der Waals surface area contributed by atoms with Crippen LogP contribution in [0.25, 0.3) is 0 Å². The van der Waals surface area contributed by atoms with Crippen LogP contribution in [0.5, 0.6) is 11.5 Å². The number of ketones is 1. The van der Waals surface area contributed by atoms with Gasteiger partial charge in [0.25, 0.3) is 0 Å². The summed E-state index contributed by atoms with van der Waals surface area (Å²) in [6.07, 6.45) is -0.0761. The van der Waals surface area contributed by atoms with Crippen LogP contribution in [-0.2, 0) is 11.2 Å². The van der Waals surface area contributed by atoms with Crippen LogP contribution in [-0.4, -0.2) is 18.0 Å². The number of methoxy groups -OCH3 is 1. The number of aromatic hydroxyl groups is 1. The lowest BCUT2D eigenvalue weighted by molar-refractivity contribution is -0.116. The number of rotatable bonds is 3. The molecule has 0 spiro atoms. The van der Waals surface area contributed by atoms with Crippen LogP contribution >= 0.6 is 11.6 Å². The lowest BCUT2D eigenvalue weighted by Gasteiger charge is -2.11. The third-order valence-corrected chi connectivity index (χ3v) is 2.28. The highest BCUT2D eigenvalue weighted by atomic mass is 35.5. The minimum atomic E-state index is -0.772. The molecular weight excluding hydrogens is 223 g/mol. The van der Waals surface area contributed by atoms with Gasteiger partial charge in [-0.25, -0.2) is 4.39 Å². The number of phenols is 1. The van der Waals surface area contributed by atoms with Gasteiger partial charge in [0, 0.05) is 18.1 Å². The van der Waals surface area contributed by atoms with Gasteiger partial charge in [-0.1, -0.05) is 11.6 Å². The highest BCUT2D eigenvalue weighted by molar-refractivity contribution is 6.32. The molecule has 0 saturated heterocycles. The lowest BCUT2D eigenvalue weighted by atomic mass is 10.1. The van der Waals surface area contributed by atoms with Crippen LogP contribution in [0.3, 0.4) is 0 Å². The van der Waals surface area contributed by atoms with Gasteiger partial charge in [0.2, 0.25) is 0 Å². The van der Waals surface area contributed by atoms with E-state index >= 15 is 0 Å². The fraction of sp³-hybridized carbons (Fsp3) is 0.300. The minimum absolute atomic E-state index is 0.0385. The fourth-order valence-electron chi connectivity index (χ4n) is 1.28. The number of ether oxygens (including phenoxy) is 1. The van der Waals surface area contributed by atoms with Crippen molar-refractivity contribution < 1.29 is 19.0 Å². The summed E-state index contributed by atoms with van der Waals surface area (Å²) < 4.78 is 18.0. The minimum Gasteiger partial charge on any atom is -0.504 e. The van der Waals surface area contributed by atoms with E-state index in [0.717, 1.165) is 6.07 Å². The Kier molecular flexibility index (Phi) is 3.52. The van der Waals surface area contributed by atoms with Crippen molar-refractivity contribution >= 4 is 17.4 Å². The molecule has 0 saturated carbocycles. The molecule has 1 rings (SSSR count). The molecule has 0 bridgehead atoms. The molecular formula is C10H10ClFO3. The molecule has 0 aliphatic carbocycles. The average molecular weight is 233 g/mol. The number of Topliss-reactive ketones (excluding diaryl/α,β-unsaturated/α-hetero) is 1. The second-order valence-corrected chi connectivity index (χ2v) is 3.46. The molecule has 15 heavy (non-hydrogen) atoms. The summed E-state index contributed by atoms with van der Waals surface area (Å²) >= 11 is 5.67. The van der Waals surface area contributed by atoms with E-state index in [2.05, 4.69) is 0 Å². The second kappa shape index (κ2) is 4.49. The van der Waals surface area contributed by atoms with Gasteiger partial charge in [-0.3, -0.25) is 4.79 Å². The molecule has 0 amide bonds. The maximum Gasteiger partial charge on any atom is 0.165 e. The highest BCUT2D eigenvalue weighted by Gasteiger charge is 2.18. The van der Waals surface area contributed by atoms with Crippen molar-refractivity contribution in [3.8, 4) is 11.5 Å². The summed E-state index contributed by atoms with van der Waals surface area (Å²) in [5, 5.41) is 9.18. The Morgan fingerprint density at radius 2 is 2.27 bits per heavy atom. The molecule has 0 atom stereocenters. The first-order valence-electron chi connectivity index (χ1n) is 4.20. The Balaban J connectivity index is 3.36. The standard InChI is InChI=1S/C10H10ClFO3/c1-5(13)3-6-9(11)7(12)4-8(14)10(6)15-2/h4,14H,3H2,1-2H3. The van der Waals surface area contributed by atoms with Crippen LogP contribution in [0, 0.1) is 5.82 Å². The first kappa shape index (κ1) is 11.8. The zero-order chi connectivity index (χ0) is 11.6. The third kappa shape index (κ3) is 2.39. The van der Waals surface area contributed by atoms with Crippen molar-refractivity contribution in [1.82, 2.24) is 0 Å². The first-order chi connectivity index (χ1) is 6.97. The number of carbonyl (C=O) groups excluding carboxylic acids is 1. The first-order valence-corrected chi connectivity index (χ1v) is 4.58. The summed E-state index contributed by atoms with van der Waals surface area (Å²) in [4.78, 5) is 10.9. The van der Waals surface area contributed by atoms with E-state index in [1.165, 1.54) is 14.0 Å². The summed E-state index contributed by atoms with van der Waals surface area (Å²) in [7, 11) is 1.31. The van der Waals surface area contributed by atoms with Gasteiger partial charge in [0.15, 0.2) is 11.5 Å². The van der Waals surface area contributed by atoms with Crippen molar-refractivity contribution in [2.75, 3.05) is 7.11 Å². The Labute approximate surface area is 91.4 Å². The molecule has 0 heterocycles. The zero-order valence-electron chi connectivity index (χ0n) is 8.30. The molecule has 5 heteroatoms. The van der Waals surface area contributed by atoms with Crippen LogP contribution in [0.15, 0.2) is 6.07 Å². The van der Waals surface area contributed by atoms with Gasteiger partial charge in [0.1, 0.15) is 11.6 Å². The molecule has 3 nitrogen and oxygen atoms in total. The van der Waals surface area contributed by atoms with E-state index in [0.29, 0.717) is 0 Å². The predicted octanol–water partition coefficient (Wildman–Crippen LogP) is 2.32. The Bertz CT molecular complexity index is 404. The van der Waals surface area contributed by atoms with Crippen LogP contribution in [0.1, 0.15) is 12.5 Å². The maximum absolute atomic E-state index is 13.1. The largest absolute Gasteiger partial charge is 0.504 e. The van der Waals surface area contributed by atoms with Crippen molar-refractivity contribution in [1.29, 1.82) is 0 Å². The zero-order valence-corrected chi connectivity index (χ0v) is 9.06. The molecule has 1 N–H and O–H groups in total. The average Bonchev–Trinajstić information content (AvgIpc) is 2.13. The van der Waals surface area contributed by atoms with Gasteiger partial charge in [0.05, 0.1) is 12.1 Å². The fourth-order valence-corrected chi connectivity index (χ4v) is 1.49. The van der Waals surface area contributed by atoms with E-state index in [4.69, 9.17) is 16.3 Å². The van der Waals surface area contributed by atoms with E-state index < -0.39 is 5.82 Å². The van der Waals surface area contributed by atoms with Crippen molar-refractivity contribution in [2.24, 2.45) is 0 Å². The second-order valence-electron chi connectivity index (χ2n) is 3.08. The molecule has 0 aliphatic heterocycles. The number of carbonyl (C=O) groups is 1. The van der Waals surface area contributed by atoms with Crippen molar-refractivity contribution in [3.05, 3.63) is 22.5 Å². The molecule has 0 aromatic heterocycles. The smallest absolute Gasteiger partial charge is 0.165 e. The topological polar surface area (TPSA) is 46.5 Å². The van der Waals surface area contributed by atoms with Gasteiger partial charge >= 0.3 is 0 Å². The van der Waals surface area contributed by atoms with E-state index in [-0.39, 0.29) is 34.3 Å². The summed E-state index contributed by atoms with van der Waals surface area (Å²) in [6.45, 7) is 1.34. The van der Waals surface area contributed by atoms with Crippen LogP contribution in [0.4, 0.5) is 4.39 Å². The number of halogens is 2. The highest BCUT2D eigenvalue weighted by Crippen LogP contribution is 2.37. The van der Waals surface area contributed by atoms with Crippen LogP contribution in [0.2, 0.25) is 5.02 Å². The molecule has 0 unspecified atom stereocenters. The molecule has 0 fully saturated rings. The summed E-state index contributed by atoms with van der Waals surface area (Å²) in [5.41, 5.74) is 0.171. The molecule has 1 aromatic carbocycles. The Morgan fingerprint density at radius 1 is 1.67 bits per heavy atom. The molecule has 0 radical (unpaired) electrons. The monoisotopic (exact) mass is 232 g/mol.